The van der Waals surface area contributed by atoms with Crippen LogP contribution in [0.1, 0.15) is 24.8 Å². The van der Waals surface area contributed by atoms with E-state index < -0.39 is 5.82 Å². The van der Waals surface area contributed by atoms with Gasteiger partial charge in [-0.25, -0.2) is 4.39 Å². The van der Waals surface area contributed by atoms with Crippen LogP contribution >= 0.6 is 11.6 Å². The van der Waals surface area contributed by atoms with E-state index in [1.54, 1.807) is 12.1 Å². The highest BCUT2D eigenvalue weighted by Crippen LogP contribution is 2.19. The van der Waals surface area contributed by atoms with Crippen LogP contribution in [0.5, 0.6) is 5.75 Å². The van der Waals surface area contributed by atoms with Crippen molar-refractivity contribution in [1.29, 1.82) is 5.26 Å². The maximum Gasteiger partial charge on any atom is 0.165 e. The van der Waals surface area contributed by atoms with E-state index in [2.05, 4.69) is 0 Å². The minimum absolute atomic E-state index is 0.242. The summed E-state index contributed by atoms with van der Waals surface area (Å²) in [7, 11) is 0. The van der Waals surface area contributed by atoms with Gasteiger partial charge in [0.1, 0.15) is 0 Å². The van der Waals surface area contributed by atoms with Gasteiger partial charge in [0, 0.05) is 12.3 Å². The molecule has 16 heavy (non-hydrogen) atoms. The van der Waals surface area contributed by atoms with Crippen LogP contribution in [0.4, 0.5) is 4.39 Å². The second kappa shape index (κ2) is 7.08. The fourth-order valence-electron chi connectivity index (χ4n) is 1.23. The van der Waals surface area contributed by atoms with Crippen molar-refractivity contribution in [3.63, 3.8) is 0 Å². The quantitative estimate of drug-likeness (QED) is 0.563. The molecule has 0 bridgehead atoms. The van der Waals surface area contributed by atoms with Gasteiger partial charge in [-0.05, 0) is 30.5 Å². The Bertz CT molecular complexity index is 376. The smallest absolute Gasteiger partial charge is 0.165 e. The van der Waals surface area contributed by atoms with Crippen LogP contribution in [-0.2, 0) is 5.88 Å². The molecule has 0 aliphatic carbocycles. The molecule has 0 saturated carbocycles. The van der Waals surface area contributed by atoms with E-state index in [0.29, 0.717) is 18.9 Å². The van der Waals surface area contributed by atoms with E-state index >= 15 is 0 Å². The molecule has 0 fully saturated rings. The number of nitriles is 1. The number of halogens is 2. The molecule has 4 heteroatoms. The van der Waals surface area contributed by atoms with Gasteiger partial charge in [0.2, 0.25) is 0 Å². The lowest BCUT2D eigenvalue weighted by molar-refractivity contribution is 0.292. The predicted octanol–water partition coefficient (Wildman–Crippen LogP) is 3.64. The first-order chi connectivity index (χ1) is 7.77. The van der Waals surface area contributed by atoms with Gasteiger partial charge >= 0.3 is 0 Å². The lowest BCUT2D eigenvalue weighted by atomic mass is 10.2. The van der Waals surface area contributed by atoms with E-state index in [-0.39, 0.29) is 5.75 Å². The van der Waals surface area contributed by atoms with Crippen LogP contribution in [0.3, 0.4) is 0 Å². The minimum atomic E-state index is -0.390. The molecular weight excluding hydrogens is 229 g/mol. The second-order valence-electron chi connectivity index (χ2n) is 3.36. The number of hydrogen-bond acceptors (Lipinski definition) is 2. The van der Waals surface area contributed by atoms with Crippen LogP contribution in [0, 0.1) is 17.1 Å². The summed E-state index contributed by atoms with van der Waals surface area (Å²) in [5.74, 6) is 0.142. The van der Waals surface area contributed by atoms with E-state index in [0.717, 1.165) is 18.4 Å². The van der Waals surface area contributed by atoms with Crippen molar-refractivity contribution in [3.05, 3.63) is 29.6 Å². The number of hydrogen-bond donors (Lipinski definition) is 0. The zero-order valence-electron chi connectivity index (χ0n) is 8.88. The average molecular weight is 242 g/mol. The molecule has 0 spiro atoms. The first-order valence-electron chi connectivity index (χ1n) is 5.12. The Morgan fingerprint density at radius 2 is 2.19 bits per heavy atom. The molecule has 2 nitrogen and oxygen atoms in total. The lowest BCUT2D eigenvalue weighted by Crippen LogP contribution is -1.99. The van der Waals surface area contributed by atoms with Crippen LogP contribution in [0.2, 0.25) is 0 Å². The molecule has 0 radical (unpaired) electrons. The number of nitrogens with zero attached hydrogens (tertiary/aromatic N) is 1. The third kappa shape index (κ3) is 4.08. The molecule has 1 aromatic rings. The van der Waals surface area contributed by atoms with Crippen LogP contribution in [-0.4, -0.2) is 6.61 Å². The van der Waals surface area contributed by atoms with Gasteiger partial charge in [0.25, 0.3) is 0 Å². The van der Waals surface area contributed by atoms with Crippen molar-refractivity contribution in [3.8, 4) is 11.8 Å². The molecule has 0 aromatic heterocycles. The van der Waals surface area contributed by atoms with Gasteiger partial charge in [0.05, 0.1) is 12.7 Å². The van der Waals surface area contributed by atoms with Gasteiger partial charge in [-0.3, -0.25) is 0 Å². The number of unbranched alkanes of at least 4 members (excludes halogenated alkanes) is 2. The van der Waals surface area contributed by atoms with E-state index in [4.69, 9.17) is 21.6 Å². The summed E-state index contributed by atoms with van der Waals surface area (Å²) in [6.07, 6.45) is 2.04. The molecule has 0 aliphatic rings. The summed E-state index contributed by atoms with van der Waals surface area (Å²) in [6, 6.07) is 6.74. The fourth-order valence-corrected chi connectivity index (χ4v) is 1.40. The topological polar surface area (TPSA) is 33.0 Å². The molecule has 0 aliphatic heterocycles. The molecule has 0 N–H and O–H groups in total. The van der Waals surface area contributed by atoms with Gasteiger partial charge < -0.3 is 4.74 Å². The van der Waals surface area contributed by atoms with E-state index in [9.17, 15) is 4.39 Å². The van der Waals surface area contributed by atoms with Crippen LogP contribution < -0.4 is 4.74 Å². The first-order valence-corrected chi connectivity index (χ1v) is 5.65. The highest BCUT2D eigenvalue weighted by Gasteiger charge is 2.03. The lowest BCUT2D eigenvalue weighted by Gasteiger charge is -2.07. The Morgan fingerprint density at radius 3 is 2.81 bits per heavy atom. The Hall–Kier alpha value is -1.27. The monoisotopic (exact) mass is 241 g/mol. The van der Waals surface area contributed by atoms with Crippen molar-refractivity contribution >= 4 is 11.6 Å². The zero-order valence-corrected chi connectivity index (χ0v) is 9.63. The Labute approximate surface area is 99.6 Å². The molecule has 1 rings (SSSR count). The molecule has 1 aromatic carbocycles. The number of ether oxygens (including phenoxy) is 1. The summed E-state index contributed by atoms with van der Waals surface area (Å²) >= 11 is 5.57. The predicted molar refractivity (Wildman–Crippen MR) is 60.9 cm³/mol. The first kappa shape index (κ1) is 12.8. The molecule has 86 valence electrons. The molecule has 0 amide bonds. The SMILES string of the molecule is N#CCCCCOc1ccc(CCl)cc1F. The fraction of sp³-hybridized carbons (Fsp3) is 0.417. The van der Waals surface area contributed by atoms with Crippen molar-refractivity contribution in [2.24, 2.45) is 0 Å². The number of benzene rings is 1. The number of alkyl halides is 1. The van der Waals surface area contributed by atoms with Crippen molar-refractivity contribution < 1.29 is 9.13 Å². The highest BCUT2D eigenvalue weighted by atomic mass is 35.5. The second-order valence-corrected chi connectivity index (χ2v) is 3.63. The average Bonchev–Trinajstić information content (AvgIpc) is 2.30. The molecule has 0 saturated heterocycles. The Balaban J connectivity index is 2.40. The summed E-state index contributed by atoms with van der Waals surface area (Å²) < 4.78 is 18.6. The van der Waals surface area contributed by atoms with Gasteiger partial charge in [-0.2, -0.15) is 5.26 Å². The standard InChI is InChI=1S/C12H13ClFNO/c13-9-10-4-5-12(11(14)8-10)16-7-3-1-2-6-15/h4-5,8H,1-3,7,9H2. The molecule has 0 heterocycles. The maximum atomic E-state index is 13.4. The molecular formula is C12H13ClFNO. The van der Waals surface area contributed by atoms with Crippen LogP contribution in [0.25, 0.3) is 0 Å². The Kier molecular flexibility index (Phi) is 5.66. The largest absolute Gasteiger partial charge is 0.491 e. The number of rotatable bonds is 6. The van der Waals surface area contributed by atoms with Gasteiger partial charge in [-0.15, -0.1) is 11.6 Å². The normalized spacial score (nSPS) is 9.81. The Morgan fingerprint density at radius 1 is 1.38 bits per heavy atom. The highest BCUT2D eigenvalue weighted by molar-refractivity contribution is 6.17. The van der Waals surface area contributed by atoms with Crippen molar-refractivity contribution in [2.75, 3.05) is 6.61 Å². The maximum absolute atomic E-state index is 13.4. The summed E-state index contributed by atoms with van der Waals surface area (Å²) in [6.45, 7) is 0.429. The molecule has 0 atom stereocenters. The van der Waals surface area contributed by atoms with Gasteiger partial charge in [0.15, 0.2) is 11.6 Å². The summed E-state index contributed by atoms with van der Waals surface area (Å²) in [5, 5.41) is 8.32. The molecule has 0 unspecified atom stereocenters. The third-order valence-corrected chi connectivity index (χ3v) is 2.40. The van der Waals surface area contributed by atoms with E-state index in [1.807, 2.05) is 6.07 Å². The van der Waals surface area contributed by atoms with E-state index in [1.165, 1.54) is 6.07 Å². The van der Waals surface area contributed by atoms with Crippen molar-refractivity contribution in [1.82, 2.24) is 0 Å². The third-order valence-electron chi connectivity index (χ3n) is 2.09. The van der Waals surface area contributed by atoms with Gasteiger partial charge in [-0.1, -0.05) is 6.07 Å². The summed E-state index contributed by atoms with van der Waals surface area (Å²) in [5.41, 5.74) is 0.732. The minimum Gasteiger partial charge on any atom is -0.491 e. The van der Waals surface area contributed by atoms with Crippen LogP contribution in [0.15, 0.2) is 18.2 Å². The summed E-state index contributed by atoms with van der Waals surface area (Å²) in [4.78, 5) is 0. The van der Waals surface area contributed by atoms with Crippen molar-refractivity contribution in [2.45, 2.75) is 25.1 Å². The zero-order chi connectivity index (χ0) is 11.8.